The normalized spacial score (nSPS) is 53.4. The highest BCUT2D eigenvalue weighted by Crippen LogP contribution is 2.79. The Morgan fingerprint density at radius 3 is 2.63 bits per heavy atom. The lowest BCUT2D eigenvalue weighted by Crippen LogP contribution is -2.59. The fraction of sp³-hybridized carbons (Fsp3) is 0.800. The van der Waals surface area contributed by atoms with Gasteiger partial charge >= 0.3 is 5.97 Å². The minimum atomic E-state index is -0.255. The Morgan fingerprint density at radius 1 is 1.13 bits per heavy atom. The minimum absolute atomic E-state index is 0.00840. The summed E-state index contributed by atoms with van der Waals surface area (Å²) in [7, 11) is 0. The van der Waals surface area contributed by atoms with Crippen molar-refractivity contribution in [3.8, 4) is 0 Å². The van der Waals surface area contributed by atoms with Crippen molar-refractivity contribution >= 4 is 28.6 Å². The second kappa shape index (κ2) is 6.02. The smallest absolute Gasteiger partial charge is 0.306 e. The zero-order valence-corrected chi connectivity index (χ0v) is 19.1. The number of fused-ring (bicyclic) bond motifs is 9. The Labute approximate surface area is 182 Å². The maximum absolute atomic E-state index is 12.3. The van der Waals surface area contributed by atoms with E-state index in [1.165, 1.54) is 23.8 Å². The number of ether oxygens (including phenoxy) is 1. The van der Waals surface area contributed by atoms with Gasteiger partial charge in [-0.1, -0.05) is 31.2 Å². The molecule has 0 aromatic carbocycles. The van der Waals surface area contributed by atoms with Crippen LogP contribution in [0.5, 0.6) is 0 Å². The van der Waals surface area contributed by atoms with E-state index in [1.807, 2.05) is 6.08 Å². The van der Waals surface area contributed by atoms with E-state index in [1.54, 1.807) is 6.92 Å². The first-order valence-electron chi connectivity index (χ1n) is 11.8. The molecule has 30 heavy (non-hydrogen) atoms. The molecule has 5 heteroatoms. The maximum Gasteiger partial charge on any atom is 0.306 e. The minimum Gasteiger partial charge on any atom is -0.458 e. The fourth-order valence-corrected chi connectivity index (χ4v) is 10.4. The fourth-order valence-electron chi connectivity index (χ4n) is 9.18. The quantitative estimate of drug-likeness (QED) is 0.566. The molecule has 5 fully saturated rings. The van der Waals surface area contributed by atoms with Gasteiger partial charge in [-0.3, -0.25) is 14.4 Å². The lowest BCUT2D eigenvalue weighted by atomic mass is 9.45. The first-order chi connectivity index (χ1) is 14.2. The number of hydrogen-bond donors (Lipinski definition) is 0. The van der Waals surface area contributed by atoms with Crippen LogP contribution in [-0.2, 0) is 19.1 Å². The van der Waals surface area contributed by atoms with Crippen molar-refractivity contribution in [2.45, 2.75) is 83.0 Å². The van der Waals surface area contributed by atoms with Crippen molar-refractivity contribution in [3.05, 3.63) is 11.6 Å². The number of carbonyl (C=O) groups is 3. The third kappa shape index (κ3) is 2.28. The Kier molecular flexibility index (Phi) is 3.93. The highest BCUT2D eigenvalue weighted by Gasteiger charge is 2.79. The van der Waals surface area contributed by atoms with Gasteiger partial charge < -0.3 is 4.74 Å². The van der Waals surface area contributed by atoms with E-state index < -0.39 is 0 Å². The SMILES string of the molecule is CC(=O)S[C@@H]1CC2=CC(=O)CC[C@]2(C)C2CC[C@@]3(C)C(C21)[C@@H]1C[C@@H]1[C@@]31CCC(=O)O1. The zero-order valence-electron chi connectivity index (χ0n) is 18.2. The summed E-state index contributed by atoms with van der Waals surface area (Å²) >= 11 is 1.52. The van der Waals surface area contributed by atoms with Gasteiger partial charge in [-0.05, 0) is 73.7 Å². The highest BCUT2D eigenvalue weighted by atomic mass is 32.2. The predicted octanol–water partition coefficient (Wildman–Crippen LogP) is 4.71. The van der Waals surface area contributed by atoms with E-state index in [0.29, 0.717) is 42.4 Å². The number of ketones is 1. The third-order valence-corrected chi connectivity index (χ3v) is 11.5. The first-order valence-corrected chi connectivity index (χ1v) is 12.7. The second-order valence-corrected chi connectivity index (χ2v) is 12.9. The molecule has 4 nitrogen and oxygen atoms in total. The summed E-state index contributed by atoms with van der Waals surface area (Å²) in [6.45, 7) is 6.49. The van der Waals surface area contributed by atoms with Crippen molar-refractivity contribution < 1.29 is 19.1 Å². The largest absolute Gasteiger partial charge is 0.458 e. The molecule has 162 valence electrons. The molecule has 1 spiro atoms. The van der Waals surface area contributed by atoms with Gasteiger partial charge in [0.05, 0.1) is 0 Å². The van der Waals surface area contributed by atoms with Crippen LogP contribution in [0.4, 0.5) is 0 Å². The van der Waals surface area contributed by atoms with Gasteiger partial charge in [0.15, 0.2) is 10.9 Å². The molecule has 6 aliphatic rings. The summed E-state index contributed by atoms with van der Waals surface area (Å²) in [6, 6.07) is 0. The Bertz CT molecular complexity index is 894. The van der Waals surface area contributed by atoms with Gasteiger partial charge in [0.25, 0.3) is 0 Å². The molecule has 9 atom stereocenters. The molecule has 3 unspecified atom stereocenters. The molecule has 4 saturated carbocycles. The van der Waals surface area contributed by atoms with Crippen LogP contribution in [0, 0.1) is 40.4 Å². The molecule has 6 rings (SSSR count). The van der Waals surface area contributed by atoms with Gasteiger partial charge in [0.2, 0.25) is 0 Å². The standard InChI is InChI=1S/C25H32O4S/c1-13(26)30-19-11-14-10-15(27)4-7-23(14,2)17-5-8-24(3)22(21(17)19)16-12-18(16)25(24)9-6-20(28)29-25/h10,16-19,21-22H,4-9,11-12H2,1-3H3/t16-,17?,18+,19-,21?,22?,23+,24+,25+/m1/s1. The third-order valence-electron chi connectivity index (χ3n) is 10.4. The van der Waals surface area contributed by atoms with Crippen molar-refractivity contribution in [2.24, 2.45) is 40.4 Å². The molecule has 0 aromatic rings. The summed E-state index contributed by atoms with van der Waals surface area (Å²) in [5, 5.41) is 0.431. The van der Waals surface area contributed by atoms with Crippen LogP contribution in [0.3, 0.4) is 0 Å². The number of carbonyl (C=O) groups excluding carboxylic acids is 3. The number of rotatable bonds is 1. The van der Waals surface area contributed by atoms with Gasteiger partial charge in [-0.25, -0.2) is 0 Å². The lowest BCUT2D eigenvalue weighted by molar-refractivity contribution is -0.176. The highest BCUT2D eigenvalue weighted by molar-refractivity contribution is 8.14. The van der Waals surface area contributed by atoms with Crippen LogP contribution in [0.1, 0.15) is 72.1 Å². The summed E-state index contributed by atoms with van der Waals surface area (Å²) in [6.07, 6.45) is 9.27. The van der Waals surface area contributed by atoms with Crippen LogP contribution in [0.25, 0.3) is 0 Å². The molecule has 1 saturated heterocycles. The molecular formula is C25H32O4S. The summed E-state index contributed by atoms with van der Waals surface area (Å²) in [5.74, 6) is 2.94. The van der Waals surface area contributed by atoms with E-state index in [-0.39, 0.29) is 38.5 Å². The van der Waals surface area contributed by atoms with Crippen molar-refractivity contribution in [3.63, 3.8) is 0 Å². The van der Waals surface area contributed by atoms with Gasteiger partial charge in [0, 0.05) is 36.3 Å². The number of thioether (sulfide) groups is 1. The van der Waals surface area contributed by atoms with Crippen molar-refractivity contribution in [1.29, 1.82) is 0 Å². The van der Waals surface area contributed by atoms with E-state index in [9.17, 15) is 14.4 Å². The summed E-state index contributed by atoms with van der Waals surface area (Å²) in [5.41, 5.74) is 1.16. The Balaban J connectivity index is 1.45. The average molecular weight is 429 g/mol. The lowest BCUT2D eigenvalue weighted by Gasteiger charge is -2.62. The Hall–Kier alpha value is -1.10. The van der Waals surface area contributed by atoms with Crippen LogP contribution < -0.4 is 0 Å². The Morgan fingerprint density at radius 2 is 1.93 bits per heavy atom. The van der Waals surface area contributed by atoms with Crippen LogP contribution in [-0.4, -0.2) is 27.7 Å². The van der Waals surface area contributed by atoms with Crippen molar-refractivity contribution in [2.75, 3.05) is 0 Å². The van der Waals surface area contributed by atoms with Gasteiger partial charge in [-0.2, -0.15) is 0 Å². The number of allylic oxidation sites excluding steroid dienone is 1. The van der Waals surface area contributed by atoms with Crippen molar-refractivity contribution in [1.82, 2.24) is 0 Å². The average Bonchev–Trinajstić information content (AvgIpc) is 3.31. The van der Waals surface area contributed by atoms with E-state index in [4.69, 9.17) is 4.74 Å². The molecule has 0 amide bonds. The van der Waals surface area contributed by atoms with Crippen LogP contribution >= 0.6 is 11.8 Å². The summed E-state index contributed by atoms with van der Waals surface area (Å²) in [4.78, 5) is 36.7. The molecule has 1 heterocycles. The monoisotopic (exact) mass is 428 g/mol. The number of hydrogen-bond acceptors (Lipinski definition) is 5. The van der Waals surface area contributed by atoms with E-state index in [2.05, 4.69) is 13.8 Å². The molecule has 0 aromatic heterocycles. The van der Waals surface area contributed by atoms with E-state index >= 15 is 0 Å². The molecule has 1 aliphatic heterocycles. The van der Waals surface area contributed by atoms with Crippen LogP contribution in [0.15, 0.2) is 11.6 Å². The topological polar surface area (TPSA) is 60.4 Å². The number of esters is 1. The van der Waals surface area contributed by atoms with Gasteiger partial charge in [-0.15, -0.1) is 0 Å². The molecule has 0 N–H and O–H groups in total. The van der Waals surface area contributed by atoms with Crippen LogP contribution in [0.2, 0.25) is 0 Å². The molecular weight excluding hydrogens is 396 g/mol. The predicted molar refractivity (Wildman–Crippen MR) is 115 cm³/mol. The first kappa shape index (κ1) is 19.6. The molecule has 0 bridgehead atoms. The summed E-state index contributed by atoms with van der Waals surface area (Å²) < 4.78 is 6.21. The molecule has 0 radical (unpaired) electrons. The van der Waals surface area contributed by atoms with Gasteiger partial charge in [0.1, 0.15) is 5.60 Å². The van der Waals surface area contributed by atoms with E-state index in [0.717, 1.165) is 32.1 Å². The second-order valence-electron chi connectivity index (χ2n) is 11.4. The maximum atomic E-state index is 12.3. The molecule has 5 aliphatic carbocycles. The zero-order chi connectivity index (χ0) is 21.1.